The van der Waals surface area contributed by atoms with Gasteiger partial charge in [0.1, 0.15) is 17.9 Å². The van der Waals surface area contributed by atoms with Gasteiger partial charge in [0, 0.05) is 0 Å². The molecule has 0 spiro atoms. The van der Waals surface area contributed by atoms with Crippen LogP contribution in [0.1, 0.15) is 38.5 Å². The first-order valence-corrected chi connectivity index (χ1v) is 11.7. The van der Waals surface area contributed by atoms with Crippen LogP contribution in [-0.4, -0.2) is 53.2 Å². The van der Waals surface area contributed by atoms with Gasteiger partial charge in [0.05, 0.1) is 0 Å². The summed E-state index contributed by atoms with van der Waals surface area (Å²) in [7, 11) is -0.401. The third-order valence-electron chi connectivity index (χ3n) is 4.30. The van der Waals surface area contributed by atoms with Crippen LogP contribution in [0.2, 0.25) is 18.8 Å². The van der Waals surface area contributed by atoms with Crippen LogP contribution in [0.15, 0.2) is 0 Å². The van der Waals surface area contributed by atoms with Gasteiger partial charge in [0.25, 0.3) is 0 Å². The van der Waals surface area contributed by atoms with Crippen LogP contribution in [0, 0.1) is 0 Å². The zero-order chi connectivity index (χ0) is 12.1. The lowest BCUT2D eigenvalue weighted by Crippen LogP contribution is -2.48. The minimum absolute atomic E-state index is 0.201. The van der Waals surface area contributed by atoms with Crippen molar-refractivity contribution in [1.29, 1.82) is 0 Å². The molecule has 2 aliphatic heterocycles. The van der Waals surface area contributed by atoms with E-state index < -0.39 is 0 Å². The molecule has 2 rings (SSSR count). The summed E-state index contributed by atoms with van der Waals surface area (Å²) in [6.45, 7) is 10.7. The molecular weight excluding hydrogens is 240 g/mol. The first kappa shape index (κ1) is 13.8. The average molecular weight is 269 g/mol. The summed E-state index contributed by atoms with van der Waals surface area (Å²) in [5, 5.41) is 0. The van der Waals surface area contributed by atoms with Gasteiger partial charge in [-0.1, -0.05) is 25.9 Å². The molecule has 0 aromatic rings. The molecule has 2 nitrogen and oxygen atoms in total. The highest BCUT2D eigenvalue weighted by Crippen LogP contribution is 2.17. The van der Waals surface area contributed by atoms with Gasteiger partial charge < -0.3 is 9.13 Å². The number of piperidine rings is 2. The van der Waals surface area contributed by atoms with Crippen molar-refractivity contribution >= 4 is 17.9 Å². The van der Waals surface area contributed by atoms with Crippen LogP contribution in [0.25, 0.3) is 0 Å². The fraction of sp³-hybridized carbons (Fsp3) is 1.00. The number of hydrogen-bond acceptors (Lipinski definition) is 2. The molecule has 2 fully saturated rings. The van der Waals surface area contributed by atoms with Crippen LogP contribution in [0.5, 0.6) is 0 Å². The van der Waals surface area contributed by atoms with Crippen molar-refractivity contribution in [2.75, 3.05) is 26.2 Å². The molecule has 0 N–H and O–H groups in total. The Morgan fingerprint density at radius 1 is 0.647 bits per heavy atom. The molecule has 0 amide bonds. The zero-order valence-electron chi connectivity index (χ0n) is 11.7. The standard InChI is InChI=1S/C13H28N2Si2/c1-16(14-9-5-3-6-10-14)13-17(2)15-11-7-4-8-12-15/h3-13H2,1-2H3. The molecule has 2 saturated heterocycles. The first-order chi connectivity index (χ1) is 8.27. The van der Waals surface area contributed by atoms with E-state index in [0.717, 1.165) is 0 Å². The van der Waals surface area contributed by atoms with Crippen LogP contribution >= 0.6 is 0 Å². The van der Waals surface area contributed by atoms with E-state index in [0.29, 0.717) is 0 Å². The van der Waals surface area contributed by atoms with E-state index in [9.17, 15) is 0 Å². The number of nitrogens with zero attached hydrogens (tertiary/aromatic N) is 2. The van der Waals surface area contributed by atoms with E-state index in [2.05, 4.69) is 22.2 Å². The Morgan fingerprint density at radius 2 is 1.00 bits per heavy atom. The molecule has 4 heteroatoms. The van der Waals surface area contributed by atoms with Gasteiger partial charge in [-0.15, -0.1) is 0 Å². The van der Waals surface area contributed by atoms with Crippen molar-refractivity contribution in [3.05, 3.63) is 0 Å². The van der Waals surface area contributed by atoms with E-state index in [1.165, 1.54) is 64.7 Å². The van der Waals surface area contributed by atoms with Crippen molar-refractivity contribution in [3.8, 4) is 0 Å². The smallest absolute Gasteiger partial charge is 0.131 e. The minimum Gasteiger partial charge on any atom is -0.324 e. The van der Waals surface area contributed by atoms with Gasteiger partial charge in [-0.05, 0) is 57.5 Å². The lowest BCUT2D eigenvalue weighted by atomic mass is 10.2. The minimum atomic E-state index is -0.201. The molecule has 0 aromatic heterocycles. The van der Waals surface area contributed by atoms with Crippen LogP contribution in [0.3, 0.4) is 0 Å². The van der Waals surface area contributed by atoms with Crippen molar-refractivity contribution in [2.24, 2.45) is 0 Å². The monoisotopic (exact) mass is 268 g/mol. The van der Waals surface area contributed by atoms with Gasteiger partial charge in [-0.25, -0.2) is 0 Å². The molecule has 17 heavy (non-hydrogen) atoms. The summed E-state index contributed by atoms with van der Waals surface area (Å²) in [5.74, 6) is 0. The summed E-state index contributed by atoms with van der Waals surface area (Å²) in [6, 6.07) is 0. The number of hydrogen-bond donors (Lipinski definition) is 0. The summed E-state index contributed by atoms with van der Waals surface area (Å²) in [6.07, 6.45) is 8.77. The van der Waals surface area contributed by atoms with Gasteiger partial charge in [-0.3, -0.25) is 0 Å². The van der Waals surface area contributed by atoms with Gasteiger partial charge in [0.2, 0.25) is 0 Å². The second-order valence-corrected chi connectivity index (χ2v) is 11.4. The van der Waals surface area contributed by atoms with Crippen molar-refractivity contribution < 1.29 is 0 Å². The van der Waals surface area contributed by atoms with Crippen LogP contribution < -0.4 is 0 Å². The Balaban J connectivity index is 1.74. The molecule has 2 heterocycles. The summed E-state index contributed by atoms with van der Waals surface area (Å²) in [4.78, 5) is 0. The SMILES string of the molecule is C[Si](C[Si](C)N1CCCCC1)N1CCCCC1. The maximum absolute atomic E-state index is 2.84. The second kappa shape index (κ2) is 7.07. The Bertz CT molecular complexity index is 191. The molecule has 0 saturated carbocycles. The summed E-state index contributed by atoms with van der Waals surface area (Å²) in [5.41, 5.74) is 1.56. The Kier molecular flexibility index (Phi) is 5.73. The highest BCUT2D eigenvalue weighted by molar-refractivity contribution is 6.73. The van der Waals surface area contributed by atoms with E-state index in [-0.39, 0.29) is 17.9 Å². The lowest BCUT2D eigenvalue weighted by Gasteiger charge is -2.36. The molecule has 2 radical (unpaired) electrons. The largest absolute Gasteiger partial charge is 0.324 e. The van der Waals surface area contributed by atoms with Crippen LogP contribution in [-0.2, 0) is 0 Å². The zero-order valence-corrected chi connectivity index (χ0v) is 13.7. The fourth-order valence-corrected chi connectivity index (χ4v) is 10.1. The molecular formula is C13H28N2Si2. The maximum atomic E-state index is 2.84. The highest BCUT2D eigenvalue weighted by atomic mass is 28.3. The van der Waals surface area contributed by atoms with E-state index in [4.69, 9.17) is 0 Å². The molecule has 0 unspecified atom stereocenters. The summed E-state index contributed by atoms with van der Waals surface area (Å²) < 4.78 is 5.68. The second-order valence-electron chi connectivity index (χ2n) is 5.74. The molecule has 98 valence electrons. The maximum Gasteiger partial charge on any atom is 0.131 e. The molecule has 0 aliphatic carbocycles. The Hall–Kier alpha value is 0.354. The fourth-order valence-electron chi connectivity index (χ4n) is 3.15. The predicted molar refractivity (Wildman–Crippen MR) is 78.9 cm³/mol. The third-order valence-corrected chi connectivity index (χ3v) is 11.5. The average Bonchev–Trinajstić information content (AvgIpc) is 2.40. The number of rotatable bonds is 4. The van der Waals surface area contributed by atoms with E-state index in [1.807, 2.05) is 0 Å². The van der Waals surface area contributed by atoms with Crippen LogP contribution in [0.4, 0.5) is 0 Å². The highest BCUT2D eigenvalue weighted by Gasteiger charge is 2.25. The third kappa shape index (κ3) is 4.19. The van der Waals surface area contributed by atoms with Gasteiger partial charge in [-0.2, -0.15) is 0 Å². The first-order valence-electron chi connectivity index (χ1n) is 7.42. The quantitative estimate of drug-likeness (QED) is 0.724. The topological polar surface area (TPSA) is 6.48 Å². The molecule has 2 aliphatic rings. The molecule has 0 aromatic carbocycles. The Morgan fingerprint density at radius 3 is 1.35 bits per heavy atom. The lowest BCUT2D eigenvalue weighted by molar-refractivity contribution is 0.346. The van der Waals surface area contributed by atoms with Gasteiger partial charge >= 0.3 is 0 Å². The van der Waals surface area contributed by atoms with Crippen molar-refractivity contribution in [2.45, 2.75) is 57.3 Å². The predicted octanol–water partition coefficient (Wildman–Crippen LogP) is 2.74. The van der Waals surface area contributed by atoms with Crippen molar-refractivity contribution in [1.82, 2.24) is 9.13 Å². The Labute approximate surface area is 111 Å². The molecule has 0 atom stereocenters. The molecule has 0 bridgehead atoms. The van der Waals surface area contributed by atoms with E-state index >= 15 is 0 Å². The van der Waals surface area contributed by atoms with E-state index in [1.54, 1.807) is 5.67 Å². The van der Waals surface area contributed by atoms with Gasteiger partial charge in [0.15, 0.2) is 0 Å². The summed E-state index contributed by atoms with van der Waals surface area (Å²) >= 11 is 0. The normalized spacial score (nSPS) is 24.7. The van der Waals surface area contributed by atoms with Crippen molar-refractivity contribution in [3.63, 3.8) is 0 Å².